The van der Waals surface area contributed by atoms with E-state index in [0.29, 0.717) is 6.61 Å². The lowest BCUT2D eigenvalue weighted by atomic mass is 10.0. The molecule has 17 heavy (non-hydrogen) atoms. The smallest absolute Gasteiger partial charge is 0.119 e. The van der Waals surface area contributed by atoms with Gasteiger partial charge < -0.3 is 4.74 Å². The van der Waals surface area contributed by atoms with E-state index in [0.717, 1.165) is 17.7 Å². The molecule has 0 amide bonds. The Morgan fingerprint density at radius 2 is 1.71 bits per heavy atom. The molecule has 0 spiro atoms. The van der Waals surface area contributed by atoms with Crippen LogP contribution in [0.3, 0.4) is 0 Å². The molecule has 0 saturated heterocycles. The Hall–Kier alpha value is -1.76. The monoisotopic (exact) mass is 225 g/mol. The summed E-state index contributed by atoms with van der Waals surface area (Å²) < 4.78 is 5.42. The third-order valence-electron chi connectivity index (χ3n) is 2.75. The fraction of sp³-hybridized carbons (Fsp3) is 0.188. The Morgan fingerprint density at radius 1 is 1.00 bits per heavy atom. The zero-order chi connectivity index (χ0) is 12.1. The third kappa shape index (κ3) is 3.10. The van der Waals surface area contributed by atoms with Crippen molar-refractivity contribution < 1.29 is 4.74 Å². The Balaban J connectivity index is 2.11. The summed E-state index contributed by atoms with van der Waals surface area (Å²) in [5, 5.41) is 0. The summed E-state index contributed by atoms with van der Waals surface area (Å²) in [4.78, 5) is 0. The van der Waals surface area contributed by atoms with Gasteiger partial charge in [0.05, 0.1) is 6.61 Å². The Bertz CT molecular complexity index is 471. The minimum absolute atomic E-state index is 0.709. The van der Waals surface area contributed by atoms with Crippen LogP contribution in [0.5, 0.6) is 5.75 Å². The van der Waals surface area contributed by atoms with E-state index in [2.05, 4.69) is 31.2 Å². The van der Waals surface area contributed by atoms with Crippen LogP contribution < -0.4 is 4.74 Å². The van der Waals surface area contributed by atoms with Crippen LogP contribution in [0.4, 0.5) is 0 Å². The highest BCUT2D eigenvalue weighted by atomic mass is 16.5. The second-order valence-electron chi connectivity index (χ2n) is 4.02. The van der Waals surface area contributed by atoms with Gasteiger partial charge in [0.1, 0.15) is 5.75 Å². The van der Waals surface area contributed by atoms with E-state index in [-0.39, 0.29) is 0 Å². The quantitative estimate of drug-likeness (QED) is 0.767. The third-order valence-corrected chi connectivity index (χ3v) is 2.75. The fourth-order valence-corrected chi connectivity index (χ4v) is 1.82. The van der Waals surface area contributed by atoms with Crippen LogP contribution in [0, 0.1) is 6.92 Å². The van der Waals surface area contributed by atoms with Crippen molar-refractivity contribution in [1.29, 1.82) is 0 Å². The molecule has 0 atom stereocenters. The summed E-state index contributed by atoms with van der Waals surface area (Å²) >= 11 is 0. The van der Waals surface area contributed by atoms with Gasteiger partial charge in [-0.05, 0) is 49.1 Å². The maximum absolute atomic E-state index is 5.42. The maximum atomic E-state index is 5.42. The molecule has 0 aliphatic heterocycles. The normalized spacial score (nSPS) is 10.2. The van der Waals surface area contributed by atoms with E-state index in [1.807, 2.05) is 31.2 Å². The molecule has 0 saturated carbocycles. The Labute approximate surface area is 103 Å². The van der Waals surface area contributed by atoms with Gasteiger partial charge in [0, 0.05) is 0 Å². The first-order chi connectivity index (χ1) is 8.29. The highest BCUT2D eigenvalue weighted by molar-refractivity contribution is 5.36. The number of rotatable bonds is 4. The van der Waals surface area contributed by atoms with Crippen LogP contribution in [-0.2, 0) is 6.42 Å². The summed E-state index contributed by atoms with van der Waals surface area (Å²) in [6.07, 6.45) is 0.923. The minimum Gasteiger partial charge on any atom is -0.494 e. The lowest BCUT2D eigenvalue weighted by Gasteiger charge is -2.07. The van der Waals surface area contributed by atoms with Crippen molar-refractivity contribution in [3.63, 3.8) is 0 Å². The van der Waals surface area contributed by atoms with E-state index < -0.39 is 0 Å². The average Bonchev–Trinajstić information content (AvgIpc) is 2.35. The topological polar surface area (TPSA) is 9.23 Å². The molecule has 0 heterocycles. The Morgan fingerprint density at radius 3 is 2.35 bits per heavy atom. The highest BCUT2D eigenvalue weighted by Crippen LogP contribution is 2.17. The van der Waals surface area contributed by atoms with Crippen molar-refractivity contribution in [3.8, 4) is 5.75 Å². The molecule has 0 N–H and O–H groups in total. The van der Waals surface area contributed by atoms with Gasteiger partial charge in [-0.15, -0.1) is 0 Å². The maximum Gasteiger partial charge on any atom is 0.119 e. The number of hydrogen-bond acceptors (Lipinski definition) is 1. The van der Waals surface area contributed by atoms with Gasteiger partial charge in [-0.3, -0.25) is 0 Å². The van der Waals surface area contributed by atoms with Gasteiger partial charge in [-0.1, -0.05) is 36.4 Å². The molecule has 2 aromatic rings. The summed E-state index contributed by atoms with van der Waals surface area (Å²) in [6.45, 7) is 6.74. The molecular formula is C16H17O. The second-order valence-corrected chi connectivity index (χ2v) is 4.02. The fourth-order valence-electron chi connectivity index (χ4n) is 1.82. The van der Waals surface area contributed by atoms with Crippen molar-refractivity contribution in [1.82, 2.24) is 0 Å². The number of benzene rings is 2. The lowest BCUT2D eigenvalue weighted by Crippen LogP contribution is -1.93. The van der Waals surface area contributed by atoms with E-state index in [1.165, 1.54) is 11.1 Å². The van der Waals surface area contributed by atoms with Gasteiger partial charge in [0.2, 0.25) is 0 Å². The standard InChI is InChI=1S/C16H17O/c1-3-17-16-10-8-14(9-11-16)12-15-7-5-4-6-13(15)2/h4-11H,2-3,12H2,1H3. The van der Waals surface area contributed by atoms with Crippen LogP contribution in [0.25, 0.3) is 0 Å². The summed E-state index contributed by atoms with van der Waals surface area (Å²) in [5.74, 6) is 0.930. The predicted molar refractivity (Wildman–Crippen MR) is 71.3 cm³/mol. The average molecular weight is 225 g/mol. The van der Waals surface area contributed by atoms with Crippen LogP contribution in [0.2, 0.25) is 0 Å². The largest absolute Gasteiger partial charge is 0.494 e. The van der Waals surface area contributed by atoms with Crippen molar-refractivity contribution in [2.45, 2.75) is 13.3 Å². The van der Waals surface area contributed by atoms with Crippen LogP contribution in [0.1, 0.15) is 23.6 Å². The molecule has 2 rings (SSSR count). The van der Waals surface area contributed by atoms with Crippen LogP contribution in [-0.4, -0.2) is 6.61 Å². The lowest BCUT2D eigenvalue weighted by molar-refractivity contribution is 0.340. The number of ether oxygens (including phenoxy) is 1. The van der Waals surface area contributed by atoms with E-state index in [1.54, 1.807) is 0 Å². The van der Waals surface area contributed by atoms with Gasteiger partial charge in [0.25, 0.3) is 0 Å². The molecule has 1 heteroatoms. The predicted octanol–water partition coefficient (Wildman–Crippen LogP) is 3.86. The van der Waals surface area contributed by atoms with Crippen LogP contribution >= 0.6 is 0 Å². The summed E-state index contributed by atoms with van der Waals surface area (Å²) in [7, 11) is 0. The SMILES string of the molecule is [CH2]c1ccccc1Cc1ccc(OCC)cc1. The van der Waals surface area contributed by atoms with Crippen molar-refractivity contribution in [2.24, 2.45) is 0 Å². The molecule has 87 valence electrons. The Kier molecular flexibility index (Phi) is 3.81. The first-order valence-electron chi connectivity index (χ1n) is 5.91. The highest BCUT2D eigenvalue weighted by Gasteiger charge is 2.00. The van der Waals surface area contributed by atoms with Crippen molar-refractivity contribution in [2.75, 3.05) is 6.61 Å². The summed E-state index contributed by atoms with van der Waals surface area (Å²) in [6, 6.07) is 16.5. The molecular weight excluding hydrogens is 208 g/mol. The zero-order valence-corrected chi connectivity index (χ0v) is 10.1. The van der Waals surface area contributed by atoms with Crippen molar-refractivity contribution >= 4 is 0 Å². The number of hydrogen-bond donors (Lipinski definition) is 0. The molecule has 0 aliphatic carbocycles. The molecule has 1 radical (unpaired) electrons. The molecule has 0 fully saturated rings. The van der Waals surface area contributed by atoms with Gasteiger partial charge in [0.15, 0.2) is 0 Å². The van der Waals surface area contributed by atoms with E-state index in [4.69, 9.17) is 4.74 Å². The molecule has 2 aromatic carbocycles. The molecule has 0 bridgehead atoms. The van der Waals surface area contributed by atoms with E-state index in [9.17, 15) is 0 Å². The van der Waals surface area contributed by atoms with E-state index >= 15 is 0 Å². The first-order valence-corrected chi connectivity index (χ1v) is 5.91. The molecule has 0 aliphatic rings. The molecule has 0 aromatic heterocycles. The zero-order valence-electron chi connectivity index (χ0n) is 10.1. The van der Waals surface area contributed by atoms with Gasteiger partial charge in [-0.2, -0.15) is 0 Å². The van der Waals surface area contributed by atoms with Gasteiger partial charge in [-0.25, -0.2) is 0 Å². The van der Waals surface area contributed by atoms with Crippen LogP contribution in [0.15, 0.2) is 48.5 Å². The summed E-state index contributed by atoms with van der Waals surface area (Å²) in [5.41, 5.74) is 3.66. The minimum atomic E-state index is 0.709. The first kappa shape index (κ1) is 11.7. The van der Waals surface area contributed by atoms with Crippen molar-refractivity contribution in [3.05, 3.63) is 72.1 Å². The second kappa shape index (κ2) is 5.53. The van der Waals surface area contributed by atoms with Gasteiger partial charge >= 0.3 is 0 Å². The molecule has 1 nitrogen and oxygen atoms in total. The molecule has 0 unspecified atom stereocenters.